The van der Waals surface area contributed by atoms with Crippen LogP contribution in [0, 0.1) is 0 Å². The second kappa shape index (κ2) is 7.35. The number of nitrogens with zero attached hydrogens (tertiary/aromatic N) is 3. The molecule has 1 aliphatic heterocycles. The minimum atomic E-state index is 0.369. The van der Waals surface area contributed by atoms with Crippen molar-refractivity contribution >= 4 is 44.7 Å². The number of rotatable bonds is 5. The van der Waals surface area contributed by atoms with E-state index in [1.165, 1.54) is 10.4 Å². The van der Waals surface area contributed by atoms with E-state index in [-0.39, 0.29) is 0 Å². The van der Waals surface area contributed by atoms with Gasteiger partial charge in [0.2, 0.25) is 0 Å². The van der Waals surface area contributed by atoms with Crippen LogP contribution in [-0.4, -0.2) is 15.0 Å². The standard InChI is InChI=1S/C20H16ClN5OS/c21-15-7-12(4-5-16(15)27-10-13-3-1-2-6-23-13)26-19-18-14-8-22-9-17(14)28-20(18)25-11-24-19/h1-7,11,22H,8-10H2,(H,24,25,26). The molecule has 0 aliphatic carbocycles. The summed E-state index contributed by atoms with van der Waals surface area (Å²) in [7, 11) is 0. The first-order valence-electron chi connectivity index (χ1n) is 8.83. The van der Waals surface area contributed by atoms with Crippen molar-refractivity contribution in [2.24, 2.45) is 0 Å². The quantitative estimate of drug-likeness (QED) is 0.499. The number of hydrogen-bond acceptors (Lipinski definition) is 7. The van der Waals surface area contributed by atoms with Crippen molar-refractivity contribution in [3.05, 3.63) is 70.1 Å². The normalized spacial score (nSPS) is 12.9. The molecule has 6 nitrogen and oxygen atoms in total. The molecule has 28 heavy (non-hydrogen) atoms. The summed E-state index contributed by atoms with van der Waals surface area (Å²) in [6, 6.07) is 11.3. The maximum Gasteiger partial charge on any atom is 0.142 e. The van der Waals surface area contributed by atoms with Crippen LogP contribution in [0.4, 0.5) is 11.5 Å². The van der Waals surface area contributed by atoms with Crippen LogP contribution in [0.25, 0.3) is 10.2 Å². The van der Waals surface area contributed by atoms with Crippen molar-refractivity contribution < 1.29 is 4.74 Å². The molecule has 0 unspecified atom stereocenters. The lowest BCUT2D eigenvalue weighted by molar-refractivity contribution is 0.301. The number of fused-ring (bicyclic) bond motifs is 3. The van der Waals surface area contributed by atoms with Gasteiger partial charge in [-0.05, 0) is 35.9 Å². The fraction of sp³-hybridized carbons (Fsp3) is 0.150. The second-order valence-electron chi connectivity index (χ2n) is 6.39. The zero-order chi connectivity index (χ0) is 18.9. The summed E-state index contributed by atoms with van der Waals surface area (Å²) in [4.78, 5) is 15.5. The van der Waals surface area contributed by atoms with Crippen LogP contribution in [0.2, 0.25) is 5.02 Å². The Kier molecular flexibility index (Phi) is 4.56. The number of pyridine rings is 1. The molecule has 1 aromatic carbocycles. The summed E-state index contributed by atoms with van der Waals surface area (Å²) in [6.07, 6.45) is 3.34. The average Bonchev–Trinajstić information content (AvgIpc) is 3.29. The lowest BCUT2D eigenvalue weighted by Gasteiger charge is -2.11. The molecule has 0 saturated carbocycles. The monoisotopic (exact) mass is 409 g/mol. The molecular weight excluding hydrogens is 394 g/mol. The minimum Gasteiger partial charge on any atom is -0.486 e. The first kappa shape index (κ1) is 17.4. The van der Waals surface area contributed by atoms with Crippen molar-refractivity contribution in [3.8, 4) is 5.75 Å². The van der Waals surface area contributed by atoms with Crippen molar-refractivity contribution in [2.45, 2.75) is 19.7 Å². The molecular formula is C20H16ClN5OS. The molecule has 0 radical (unpaired) electrons. The molecule has 0 spiro atoms. The zero-order valence-electron chi connectivity index (χ0n) is 14.8. The topological polar surface area (TPSA) is 72.0 Å². The van der Waals surface area contributed by atoms with Gasteiger partial charge in [0.1, 0.15) is 29.3 Å². The van der Waals surface area contributed by atoms with Crippen molar-refractivity contribution in [3.63, 3.8) is 0 Å². The summed E-state index contributed by atoms with van der Waals surface area (Å²) < 4.78 is 5.79. The molecule has 0 atom stereocenters. The van der Waals surface area contributed by atoms with Crippen LogP contribution in [0.5, 0.6) is 5.75 Å². The van der Waals surface area contributed by atoms with Gasteiger partial charge in [-0.2, -0.15) is 0 Å². The van der Waals surface area contributed by atoms with Crippen molar-refractivity contribution in [1.82, 2.24) is 20.3 Å². The van der Waals surface area contributed by atoms with E-state index < -0.39 is 0 Å². The van der Waals surface area contributed by atoms with Crippen molar-refractivity contribution in [1.29, 1.82) is 0 Å². The number of hydrogen-bond donors (Lipinski definition) is 2. The Morgan fingerprint density at radius 1 is 1.14 bits per heavy atom. The maximum atomic E-state index is 6.43. The van der Waals surface area contributed by atoms with Gasteiger partial charge in [0.25, 0.3) is 0 Å². The predicted octanol–water partition coefficient (Wildman–Crippen LogP) is 4.67. The van der Waals surface area contributed by atoms with Crippen LogP contribution < -0.4 is 15.4 Å². The molecule has 8 heteroatoms. The molecule has 4 heterocycles. The Morgan fingerprint density at radius 3 is 2.96 bits per heavy atom. The minimum absolute atomic E-state index is 0.369. The van der Waals surface area contributed by atoms with E-state index in [1.807, 2.05) is 36.4 Å². The van der Waals surface area contributed by atoms with Gasteiger partial charge in [0, 0.05) is 29.9 Å². The lowest BCUT2D eigenvalue weighted by Crippen LogP contribution is -2.02. The molecule has 2 N–H and O–H groups in total. The Bertz CT molecular complexity index is 1150. The molecule has 0 bridgehead atoms. The number of ether oxygens (including phenoxy) is 1. The molecule has 5 rings (SSSR count). The summed E-state index contributed by atoms with van der Waals surface area (Å²) in [5, 5.41) is 8.37. The van der Waals surface area contributed by atoms with E-state index in [9.17, 15) is 0 Å². The number of aromatic nitrogens is 3. The fourth-order valence-corrected chi connectivity index (χ4v) is 4.59. The van der Waals surface area contributed by atoms with E-state index in [0.29, 0.717) is 17.4 Å². The van der Waals surface area contributed by atoms with Gasteiger partial charge in [-0.3, -0.25) is 4.98 Å². The molecule has 1 aliphatic rings. The molecule has 0 saturated heterocycles. The molecule has 140 valence electrons. The van der Waals surface area contributed by atoms with E-state index in [0.717, 1.165) is 40.5 Å². The summed E-state index contributed by atoms with van der Waals surface area (Å²) >= 11 is 8.14. The van der Waals surface area contributed by atoms with Gasteiger partial charge in [0.15, 0.2) is 0 Å². The Balaban J connectivity index is 1.38. The summed E-state index contributed by atoms with van der Waals surface area (Å²) in [5.74, 6) is 1.41. The van der Waals surface area contributed by atoms with Gasteiger partial charge in [-0.25, -0.2) is 9.97 Å². The highest BCUT2D eigenvalue weighted by atomic mass is 35.5. The second-order valence-corrected chi connectivity index (χ2v) is 7.88. The Labute approximate surface area is 170 Å². The predicted molar refractivity (Wildman–Crippen MR) is 111 cm³/mol. The Morgan fingerprint density at radius 2 is 2.11 bits per heavy atom. The molecule has 0 amide bonds. The van der Waals surface area contributed by atoms with E-state index in [1.54, 1.807) is 23.9 Å². The zero-order valence-corrected chi connectivity index (χ0v) is 16.3. The SMILES string of the molecule is Clc1cc(Nc2ncnc3sc4c(c23)CNC4)ccc1OCc1ccccn1. The number of anilines is 2. The summed E-state index contributed by atoms with van der Waals surface area (Å²) in [5.41, 5.74) is 2.98. The van der Waals surface area contributed by atoms with Gasteiger partial charge in [-0.15, -0.1) is 11.3 Å². The van der Waals surface area contributed by atoms with Gasteiger partial charge < -0.3 is 15.4 Å². The molecule has 4 aromatic rings. The third-order valence-electron chi connectivity index (χ3n) is 4.55. The van der Waals surface area contributed by atoms with Crippen LogP contribution in [-0.2, 0) is 19.7 Å². The largest absolute Gasteiger partial charge is 0.486 e. The van der Waals surface area contributed by atoms with Crippen LogP contribution in [0.15, 0.2) is 48.9 Å². The van der Waals surface area contributed by atoms with Gasteiger partial charge in [-0.1, -0.05) is 17.7 Å². The highest BCUT2D eigenvalue weighted by molar-refractivity contribution is 7.19. The maximum absolute atomic E-state index is 6.43. The number of nitrogens with one attached hydrogen (secondary N) is 2. The van der Waals surface area contributed by atoms with E-state index >= 15 is 0 Å². The molecule has 0 fully saturated rings. The fourth-order valence-electron chi connectivity index (χ4n) is 3.23. The lowest BCUT2D eigenvalue weighted by atomic mass is 10.2. The highest BCUT2D eigenvalue weighted by Gasteiger charge is 2.21. The van der Waals surface area contributed by atoms with Crippen LogP contribution >= 0.6 is 22.9 Å². The molecule has 3 aromatic heterocycles. The van der Waals surface area contributed by atoms with E-state index in [4.69, 9.17) is 16.3 Å². The van der Waals surface area contributed by atoms with E-state index in [2.05, 4.69) is 25.6 Å². The third kappa shape index (κ3) is 3.28. The van der Waals surface area contributed by atoms with Crippen LogP contribution in [0.1, 0.15) is 16.1 Å². The van der Waals surface area contributed by atoms with Gasteiger partial charge in [0.05, 0.1) is 16.1 Å². The smallest absolute Gasteiger partial charge is 0.142 e. The number of benzene rings is 1. The van der Waals surface area contributed by atoms with Crippen LogP contribution in [0.3, 0.4) is 0 Å². The number of halogens is 1. The summed E-state index contributed by atoms with van der Waals surface area (Å²) in [6.45, 7) is 2.11. The van der Waals surface area contributed by atoms with Gasteiger partial charge >= 0.3 is 0 Å². The average molecular weight is 410 g/mol. The number of thiophene rings is 1. The first-order valence-corrected chi connectivity index (χ1v) is 10.0. The first-order chi connectivity index (χ1) is 13.8. The Hall–Kier alpha value is -2.74. The van der Waals surface area contributed by atoms with Crippen molar-refractivity contribution in [2.75, 3.05) is 5.32 Å². The third-order valence-corrected chi connectivity index (χ3v) is 5.99. The highest BCUT2D eigenvalue weighted by Crippen LogP contribution is 2.38.